The fraction of sp³-hybridized carbons (Fsp3) is 0.0952. The number of hydrogen-bond acceptors (Lipinski definition) is 4. The summed E-state index contributed by atoms with van der Waals surface area (Å²) in [5.74, 6) is 0.602. The summed E-state index contributed by atoms with van der Waals surface area (Å²) in [5.41, 5.74) is 4.25. The van der Waals surface area contributed by atoms with Crippen LogP contribution in [0.3, 0.4) is 0 Å². The molecule has 2 aromatic carbocycles. The number of carbonyl (C=O) groups is 1. The van der Waals surface area contributed by atoms with Crippen LogP contribution in [0.2, 0.25) is 0 Å². The zero-order valence-corrected chi connectivity index (χ0v) is 15.5. The van der Waals surface area contributed by atoms with Crippen LogP contribution in [0.25, 0.3) is 22.0 Å². The first-order valence-corrected chi connectivity index (χ1v) is 8.73. The molecule has 2 aromatic heterocycles. The third-order valence-electron chi connectivity index (χ3n) is 4.48. The maximum absolute atomic E-state index is 12.3. The molecular formula is C21H19N5O2. The molecule has 0 saturated heterocycles. The number of amides is 2. The molecule has 0 aliphatic heterocycles. The van der Waals surface area contributed by atoms with E-state index in [1.807, 2.05) is 55.8 Å². The average Bonchev–Trinajstić information content (AvgIpc) is 3.10. The number of hydrogen-bond donors (Lipinski definition) is 2. The number of pyridine rings is 1. The highest BCUT2D eigenvalue weighted by molar-refractivity contribution is 6.01. The highest BCUT2D eigenvalue weighted by Gasteiger charge is 2.10. The molecule has 7 heteroatoms. The Morgan fingerprint density at radius 3 is 2.57 bits per heavy atom. The number of aromatic nitrogens is 3. The lowest BCUT2D eigenvalue weighted by Crippen LogP contribution is -2.19. The van der Waals surface area contributed by atoms with Crippen molar-refractivity contribution in [1.82, 2.24) is 14.8 Å². The minimum Gasteiger partial charge on any atom is -0.495 e. The molecule has 28 heavy (non-hydrogen) atoms. The lowest BCUT2D eigenvalue weighted by Gasteiger charge is -2.11. The smallest absolute Gasteiger partial charge is 0.323 e. The summed E-state index contributed by atoms with van der Waals surface area (Å²) in [5, 5.41) is 10.9. The predicted molar refractivity (Wildman–Crippen MR) is 110 cm³/mol. The van der Waals surface area contributed by atoms with E-state index in [4.69, 9.17) is 4.74 Å². The van der Waals surface area contributed by atoms with Gasteiger partial charge in [-0.2, -0.15) is 5.10 Å². The fourth-order valence-corrected chi connectivity index (χ4v) is 3.06. The molecule has 0 bridgehead atoms. The van der Waals surface area contributed by atoms with Gasteiger partial charge in [-0.15, -0.1) is 0 Å². The molecule has 4 aromatic rings. The first kappa shape index (κ1) is 17.5. The first-order valence-electron chi connectivity index (χ1n) is 8.73. The maximum Gasteiger partial charge on any atom is 0.323 e. The minimum absolute atomic E-state index is 0.340. The number of ether oxygens (including phenoxy) is 1. The highest BCUT2D eigenvalue weighted by Crippen LogP contribution is 2.28. The summed E-state index contributed by atoms with van der Waals surface area (Å²) >= 11 is 0. The van der Waals surface area contributed by atoms with E-state index in [0.717, 1.165) is 22.0 Å². The number of nitrogens with zero attached hydrogens (tertiary/aromatic N) is 3. The van der Waals surface area contributed by atoms with Gasteiger partial charge in [-0.25, -0.2) is 4.79 Å². The number of carbonyl (C=O) groups excluding carboxylic acids is 1. The number of rotatable bonds is 4. The van der Waals surface area contributed by atoms with E-state index in [0.29, 0.717) is 17.1 Å². The Labute approximate surface area is 162 Å². The maximum atomic E-state index is 12.3. The predicted octanol–water partition coefficient (Wildman–Crippen LogP) is 4.29. The summed E-state index contributed by atoms with van der Waals surface area (Å²) in [6.07, 6.45) is 5.45. The van der Waals surface area contributed by atoms with E-state index < -0.39 is 0 Å². The second kappa shape index (κ2) is 7.40. The van der Waals surface area contributed by atoms with Gasteiger partial charge in [-0.3, -0.25) is 9.67 Å². The lowest BCUT2D eigenvalue weighted by molar-refractivity contribution is 0.262. The number of nitrogens with one attached hydrogen (secondary N) is 2. The number of benzene rings is 2. The van der Waals surface area contributed by atoms with E-state index in [-0.39, 0.29) is 6.03 Å². The summed E-state index contributed by atoms with van der Waals surface area (Å²) < 4.78 is 7.04. The molecule has 0 saturated carbocycles. The number of para-hydroxylation sites is 2. The van der Waals surface area contributed by atoms with Crippen molar-refractivity contribution in [2.24, 2.45) is 7.05 Å². The van der Waals surface area contributed by atoms with Gasteiger partial charge in [0.1, 0.15) is 5.75 Å². The molecule has 2 amide bonds. The molecular weight excluding hydrogens is 354 g/mol. The van der Waals surface area contributed by atoms with Crippen LogP contribution in [0.4, 0.5) is 16.2 Å². The molecule has 0 unspecified atom stereocenters. The van der Waals surface area contributed by atoms with Gasteiger partial charge in [-0.05, 0) is 29.8 Å². The van der Waals surface area contributed by atoms with Crippen molar-refractivity contribution in [3.63, 3.8) is 0 Å². The van der Waals surface area contributed by atoms with E-state index in [1.165, 1.54) is 0 Å². The summed E-state index contributed by atoms with van der Waals surface area (Å²) in [6.45, 7) is 0. The van der Waals surface area contributed by atoms with Gasteiger partial charge >= 0.3 is 6.03 Å². The molecule has 7 nitrogen and oxygen atoms in total. The summed E-state index contributed by atoms with van der Waals surface area (Å²) in [6, 6.07) is 14.5. The van der Waals surface area contributed by atoms with Crippen molar-refractivity contribution in [3.8, 4) is 16.9 Å². The number of aryl methyl sites for hydroxylation is 1. The van der Waals surface area contributed by atoms with Crippen molar-refractivity contribution in [3.05, 3.63) is 67.1 Å². The molecule has 0 aliphatic carbocycles. The van der Waals surface area contributed by atoms with Crippen molar-refractivity contribution >= 4 is 28.3 Å². The second-order valence-corrected chi connectivity index (χ2v) is 6.24. The van der Waals surface area contributed by atoms with Crippen molar-refractivity contribution in [1.29, 1.82) is 0 Å². The SMILES string of the molecule is COc1ccccc1NC(=O)Nc1ccc(-c2cncc3c2cnn3C)cc1. The summed E-state index contributed by atoms with van der Waals surface area (Å²) in [7, 11) is 3.45. The van der Waals surface area contributed by atoms with Gasteiger partial charge < -0.3 is 15.4 Å². The Morgan fingerprint density at radius 1 is 1.00 bits per heavy atom. The average molecular weight is 373 g/mol. The van der Waals surface area contributed by atoms with Gasteiger partial charge in [0.25, 0.3) is 0 Å². The standard InChI is InChI=1S/C21H19N5O2/c1-26-19-13-22-11-16(17(19)12-23-26)14-7-9-15(10-8-14)24-21(27)25-18-5-3-4-6-20(18)28-2/h3-13H,1-2H3,(H2,24,25,27). The van der Waals surface area contributed by atoms with Gasteiger partial charge in [0.05, 0.1) is 30.7 Å². The van der Waals surface area contributed by atoms with Crippen LogP contribution in [-0.4, -0.2) is 27.9 Å². The van der Waals surface area contributed by atoms with Crippen LogP contribution in [0.15, 0.2) is 67.1 Å². The van der Waals surface area contributed by atoms with Crippen LogP contribution >= 0.6 is 0 Å². The molecule has 0 fully saturated rings. The monoisotopic (exact) mass is 373 g/mol. The number of urea groups is 1. The van der Waals surface area contributed by atoms with Crippen molar-refractivity contribution < 1.29 is 9.53 Å². The lowest BCUT2D eigenvalue weighted by atomic mass is 10.0. The zero-order chi connectivity index (χ0) is 19.5. The zero-order valence-electron chi connectivity index (χ0n) is 15.5. The first-order chi connectivity index (χ1) is 13.7. The van der Waals surface area contributed by atoms with E-state index in [9.17, 15) is 4.79 Å². The molecule has 0 radical (unpaired) electrons. The third kappa shape index (κ3) is 3.37. The third-order valence-corrected chi connectivity index (χ3v) is 4.48. The van der Waals surface area contributed by atoms with Crippen LogP contribution in [0.5, 0.6) is 5.75 Å². The van der Waals surface area contributed by atoms with Gasteiger partial charge in [0, 0.05) is 29.9 Å². The second-order valence-electron chi connectivity index (χ2n) is 6.24. The van der Waals surface area contributed by atoms with Crippen molar-refractivity contribution in [2.75, 3.05) is 17.7 Å². The quantitative estimate of drug-likeness (QED) is 0.559. The van der Waals surface area contributed by atoms with Crippen molar-refractivity contribution in [2.45, 2.75) is 0 Å². The van der Waals surface area contributed by atoms with E-state index >= 15 is 0 Å². The van der Waals surface area contributed by atoms with Gasteiger partial charge in [0.2, 0.25) is 0 Å². The largest absolute Gasteiger partial charge is 0.495 e. The van der Waals surface area contributed by atoms with E-state index in [1.54, 1.807) is 30.1 Å². The Morgan fingerprint density at radius 2 is 1.79 bits per heavy atom. The molecule has 4 rings (SSSR count). The molecule has 0 spiro atoms. The Balaban J connectivity index is 1.51. The fourth-order valence-electron chi connectivity index (χ4n) is 3.06. The minimum atomic E-state index is -0.340. The number of fused-ring (bicyclic) bond motifs is 1. The highest BCUT2D eigenvalue weighted by atomic mass is 16.5. The van der Waals surface area contributed by atoms with Crippen LogP contribution < -0.4 is 15.4 Å². The van der Waals surface area contributed by atoms with Gasteiger partial charge in [-0.1, -0.05) is 24.3 Å². The Bertz CT molecular complexity index is 1140. The Hall–Kier alpha value is -3.87. The van der Waals surface area contributed by atoms with E-state index in [2.05, 4.69) is 20.7 Å². The number of anilines is 2. The Kier molecular flexibility index (Phi) is 4.63. The van der Waals surface area contributed by atoms with Crippen LogP contribution in [-0.2, 0) is 7.05 Å². The van der Waals surface area contributed by atoms with Crippen LogP contribution in [0, 0.1) is 0 Å². The molecule has 2 heterocycles. The normalized spacial score (nSPS) is 10.6. The number of methoxy groups -OCH3 is 1. The molecule has 0 atom stereocenters. The molecule has 2 N–H and O–H groups in total. The van der Waals surface area contributed by atoms with Gasteiger partial charge in [0.15, 0.2) is 0 Å². The van der Waals surface area contributed by atoms with Crippen LogP contribution in [0.1, 0.15) is 0 Å². The summed E-state index contributed by atoms with van der Waals surface area (Å²) in [4.78, 5) is 16.6. The molecule has 140 valence electrons. The molecule has 0 aliphatic rings. The topological polar surface area (TPSA) is 81.1 Å².